The third-order valence-corrected chi connectivity index (χ3v) is 1.64. The van der Waals surface area contributed by atoms with Crippen molar-refractivity contribution < 1.29 is 14.6 Å². The lowest BCUT2D eigenvalue weighted by Gasteiger charge is -2.01. The number of carbonyl (C=O) groups is 1. The topological polar surface area (TPSA) is 115 Å². The highest BCUT2D eigenvalue weighted by atomic mass is 16.6. The summed E-state index contributed by atoms with van der Waals surface area (Å²) < 4.78 is 0. The summed E-state index contributed by atoms with van der Waals surface area (Å²) in [7, 11) is 0. The van der Waals surface area contributed by atoms with E-state index in [4.69, 9.17) is 0 Å². The summed E-state index contributed by atoms with van der Waals surface area (Å²) in [4.78, 5) is 30.2. The van der Waals surface area contributed by atoms with Crippen LogP contribution in [0.5, 0.6) is 0 Å². The Morgan fingerprint density at radius 1 is 1.12 bits per heavy atom. The molecule has 0 heterocycles. The molecule has 0 radical (unpaired) electrons. The van der Waals surface area contributed by atoms with Gasteiger partial charge in [-0.3, -0.25) is 25.0 Å². The summed E-state index contributed by atoms with van der Waals surface area (Å²) in [6, 6.07) is 2.92. The van der Waals surface area contributed by atoms with E-state index in [1.807, 2.05) is 0 Å². The normalized spacial score (nSPS) is 9.56. The summed E-state index contributed by atoms with van der Waals surface area (Å²) in [6.07, 6.45) is 0. The molecule has 0 atom stereocenters. The van der Waals surface area contributed by atoms with Crippen LogP contribution in [0.2, 0.25) is 0 Å². The van der Waals surface area contributed by atoms with Gasteiger partial charge >= 0.3 is 0 Å². The quantitative estimate of drug-likeness (QED) is 0.617. The first kappa shape index (κ1) is 11.6. The van der Waals surface area contributed by atoms with Gasteiger partial charge in [0.25, 0.3) is 11.4 Å². The van der Waals surface area contributed by atoms with E-state index >= 15 is 0 Å². The number of rotatable bonds is 3. The van der Waals surface area contributed by atoms with E-state index in [2.05, 4.69) is 5.32 Å². The number of carbonyl (C=O) groups excluding carboxylic acids is 1. The molecule has 0 saturated carbocycles. The Kier molecular flexibility index (Phi) is 3.14. The molecule has 1 aromatic rings. The highest BCUT2D eigenvalue weighted by molar-refractivity contribution is 5.89. The predicted molar refractivity (Wildman–Crippen MR) is 54.1 cm³/mol. The van der Waals surface area contributed by atoms with Gasteiger partial charge in [-0.2, -0.15) is 0 Å². The van der Waals surface area contributed by atoms with Gasteiger partial charge in [0.15, 0.2) is 0 Å². The first-order chi connectivity index (χ1) is 7.40. The van der Waals surface area contributed by atoms with Gasteiger partial charge in [-0.15, -0.1) is 0 Å². The molecule has 8 heteroatoms. The molecule has 8 nitrogen and oxygen atoms in total. The molecule has 0 aromatic heterocycles. The van der Waals surface area contributed by atoms with Crippen molar-refractivity contribution in [3.05, 3.63) is 38.4 Å². The Bertz CT molecular complexity index is 438. The molecule has 1 N–H and O–H groups in total. The molecule has 0 aliphatic rings. The van der Waals surface area contributed by atoms with Crippen molar-refractivity contribution in [3.8, 4) is 0 Å². The summed E-state index contributed by atoms with van der Waals surface area (Å²) in [6.45, 7) is 1.20. The van der Waals surface area contributed by atoms with Crippen molar-refractivity contribution in [2.24, 2.45) is 0 Å². The third-order valence-electron chi connectivity index (χ3n) is 1.64. The van der Waals surface area contributed by atoms with Crippen LogP contribution in [0, 0.1) is 20.2 Å². The highest BCUT2D eigenvalue weighted by Gasteiger charge is 2.16. The van der Waals surface area contributed by atoms with Crippen molar-refractivity contribution in [1.29, 1.82) is 0 Å². The van der Waals surface area contributed by atoms with E-state index in [0.717, 1.165) is 18.2 Å². The van der Waals surface area contributed by atoms with Gasteiger partial charge in [-0.05, 0) is 0 Å². The maximum absolute atomic E-state index is 10.7. The van der Waals surface area contributed by atoms with E-state index in [1.54, 1.807) is 0 Å². The monoisotopic (exact) mass is 225 g/mol. The van der Waals surface area contributed by atoms with Gasteiger partial charge in [-0.25, -0.2) is 0 Å². The van der Waals surface area contributed by atoms with E-state index in [9.17, 15) is 25.0 Å². The molecule has 16 heavy (non-hydrogen) atoms. The number of anilines is 1. The zero-order chi connectivity index (χ0) is 12.3. The Morgan fingerprint density at radius 2 is 1.56 bits per heavy atom. The number of hydrogen-bond donors (Lipinski definition) is 1. The number of nitrogens with one attached hydrogen (secondary N) is 1. The van der Waals surface area contributed by atoms with Gasteiger partial charge in [-0.1, -0.05) is 0 Å². The number of nitrogens with zero attached hydrogens (tertiary/aromatic N) is 2. The molecule has 1 amide bonds. The van der Waals surface area contributed by atoms with Gasteiger partial charge < -0.3 is 5.32 Å². The second-order valence-corrected chi connectivity index (χ2v) is 2.93. The Labute approximate surface area is 89.2 Å². The highest BCUT2D eigenvalue weighted by Crippen LogP contribution is 2.25. The lowest BCUT2D eigenvalue weighted by Crippen LogP contribution is -2.06. The van der Waals surface area contributed by atoms with Crippen molar-refractivity contribution in [2.75, 3.05) is 5.32 Å². The van der Waals surface area contributed by atoms with Crippen LogP contribution in [0.25, 0.3) is 0 Å². The van der Waals surface area contributed by atoms with Gasteiger partial charge in [0.05, 0.1) is 21.6 Å². The van der Waals surface area contributed by atoms with Crippen LogP contribution >= 0.6 is 0 Å². The van der Waals surface area contributed by atoms with Crippen LogP contribution < -0.4 is 5.32 Å². The van der Waals surface area contributed by atoms with Gasteiger partial charge in [0.1, 0.15) is 0 Å². The fourth-order valence-corrected chi connectivity index (χ4v) is 1.08. The summed E-state index contributed by atoms with van der Waals surface area (Å²) in [5.74, 6) is -0.463. The minimum atomic E-state index is -0.766. The number of benzene rings is 1. The van der Waals surface area contributed by atoms with Crippen LogP contribution in [0.1, 0.15) is 6.92 Å². The number of non-ortho nitro benzene ring substituents is 2. The third kappa shape index (κ3) is 2.74. The molecule has 0 saturated heterocycles. The van der Waals surface area contributed by atoms with Crippen molar-refractivity contribution in [1.82, 2.24) is 0 Å². The first-order valence-electron chi connectivity index (χ1n) is 4.11. The molecule has 1 rings (SSSR count). The lowest BCUT2D eigenvalue weighted by molar-refractivity contribution is -0.394. The average Bonchev–Trinajstić information content (AvgIpc) is 2.15. The molecule has 0 aliphatic heterocycles. The van der Waals surface area contributed by atoms with Gasteiger partial charge in [0.2, 0.25) is 5.91 Å². The molecule has 84 valence electrons. The maximum Gasteiger partial charge on any atom is 0.278 e. The van der Waals surface area contributed by atoms with E-state index in [0.29, 0.717) is 0 Å². The molecule has 0 aliphatic carbocycles. The van der Waals surface area contributed by atoms with Crippen LogP contribution in [0.3, 0.4) is 0 Å². The Morgan fingerprint density at radius 3 is 1.88 bits per heavy atom. The van der Waals surface area contributed by atoms with Crippen molar-refractivity contribution in [2.45, 2.75) is 6.92 Å². The average molecular weight is 225 g/mol. The second-order valence-electron chi connectivity index (χ2n) is 2.93. The zero-order valence-corrected chi connectivity index (χ0v) is 8.17. The van der Waals surface area contributed by atoms with E-state index in [1.165, 1.54) is 6.92 Å². The Balaban J connectivity index is 3.23. The molecule has 0 spiro atoms. The first-order valence-corrected chi connectivity index (χ1v) is 4.11. The van der Waals surface area contributed by atoms with Crippen molar-refractivity contribution in [3.63, 3.8) is 0 Å². The zero-order valence-electron chi connectivity index (χ0n) is 8.17. The maximum atomic E-state index is 10.7. The summed E-state index contributed by atoms with van der Waals surface area (Å²) in [5.41, 5.74) is -0.871. The van der Waals surface area contributed by atoms with Crippen LogP contribution in [0.4, 0.5) is 17.1 Å². The number of amides is 1. The molecule has 1 aromatic carbocycles. The SMILES string of the molecule is CC(=O)Nc1cc([N+](=O)[O-])cc([N+](=O)[O-])c1. The van der Waals surface area contributed by atoms with E-state index in [-0.39, 0.29) is 5.69 Å². The van der Waals surface area contributed by atoms with E-state index < -0.39 is 27.1 Å². The van der Waals surface area contributed by atoms with Gasteiger partial charge in [0, 0.05) is 19.1 Å². The second kappa shape index (κ2) is 4.34. The van der Waals surface area contributed by atoms with Crippen molar-refractivity contribution >= 4 is 23.0 Å². The molecule has 0 bridgehead atoms. The number of nitro groups is 2. The minimum absolute atomic E-state index is 0.0217. The predicted octanol–water partition coefficient (Wildman–Crippen LogP) is 1.46. The summed E-state index contributed by atoms with van der Waals surface area (Å²) >= 11 is 0. The number of nitro benzene ring substituents is 2. The standard InChI is InChI=1S/C8H7N3O5/c1-5(12)9-6-2-7(10(13)14)4-8(3-6)11(15)16/h2-4H,1H3,(H,9,12). The molecule has 0 unspecified atom stereocenters. The van der Waals surface area contributed by atoms with Crippen LogP contribution in [0.15, 0.2) is 18.2 Å². The fourth-order valence-electron chi connectivity index (χ4n) is 1.08. The smallest absolute Gasteiger partial charge is 0.278 e. The largest absolute Gasteiger partial charge is 0.326 e. The van der Waals surface area contributed by atoms with Crippen LogP contribution in [-0.2, 0) is 4.79 Å². The van der Waals surface area contributed by atoms with Crippen LogP contribution in [-0.4, -0.2) is 15.8 Å². The fraction of sp³-hybridized carbons (Fsp3) is 0.125. The molecular weight excluding hydrogens is 218 g/mol. The number of hydrogen-bond acceptors (Lipinski definition) is 5. The summed E-state index contributed by atoms with van der Waals surface area (Å²) in [5, 5.41) is 23.2. The molecule has 0 fully saturated rings. The lowest BCUT2D eigenvalue weighted by atomic mass is 10.2. The minimum Gasteiger partial charge on any atom is -0.326 e. The molecular formula is C8H7N3O5. The Hall–Kier alpha value is -2.51.